The van der Waals surface area contributed by atoms with E-state index in [-0.39, 0.29) is 12.1 Å². The van der Waals surface area contributed by atoms with E-state index in [1.165, 1.54) is 11.1 Å². The summed E-state index contributed by atoms with van der Waals surface area (Å²) < 4.78 is 5.49. The van der Waals surface area contributed by atoms with E-state index < -0.39 is 0 Å². The van der Waals surface area contributed by atoms with Crippen LogP contribution in [-0.4, -0.2) is 7.11 Å². The van der Waals surface area contributed by atoms with Crippen LogP contribution in [0, 0.1) is 0 Å². The first-order valence-corrected chi connectivity index (χ1v) is 7.31. The molecule has 0 amide bonds. The monoisotopic (exact) mass is 281 g/mol. The van der Waals surface area contributed by atoms with Crippen LogP contribution in [0.2, 0.25) is 0 Å². The van der Waals surface area contributed by atoms with Gasteiger partial charge in [-0.2, -0.15) is 0 Å². The van der Waals surface area contributed by atoms with E-state index in [0.29, 0.717) is 0 Å². The molecule has 2 aromatic rings. The van der Waals surface area contributed by atoms with E-state index in [2.05, 4.69) is 49.2 Å². The predicted molar refractivity (Wildman–Crippen MR) is 88.5 cm³/mol. The summed E-state index contributed by atoms with van der Waals surface area (Å²) in [6.07, 6.45) is 2.80. The minimum absolute atomic E-state index is 0.189. The topological polar surface area (TPSA) is 21.3 Å². The molecule has 1 unspecified atom stereocenters. The number of rotatable bonds is 7. The van der Waals surface area contributed by atoms with Gasteiger partial charge in [-0.05, 0) is 25.0 Å². The smallest absolute Gasteiger partial charge is 0.123 e. The third-order valence-corrected chi connectivity index (χ3v) is 3.67. The Morgan fingerprint density at radius 3 is 2.43 bits per heavy atom. The van der Waals surface area contributed by atoms with E-state index in [4.69, 9.17) is 4.74 Å². The highest BCUT2D eigenvalue weighted by atomic mass is 16.5. The fourth-order valence-electron chi connectivity index (χ4n) is 2.55. The molecule has 2 rings (SSSR count). The lowest BCUT2D eigenvalue weighted by Gasteiger charge is -2.24. The van der Waals surface area contributed by atoms with Gasteiger partial charge in [-0.3, -0.25) is 0 Å². The van der Waals surface area contributed by atoms with E-state index in [1.807, 2.05) is 30.3 Å². The molecule has 110 valence electrons. The molecule has 2 aromatic carbocycles. The number of para-hydroxylation sites is 1. The maximum atomic E-state index is 5.49. The molecule has 0 aliphatic rings. The van der Waals surface area contributed by atoms with Crippen molar-refractivity contribution in [2.75, 3.05) is 7.11 Å². The number of benzene rings is 2. The Balaban J connectivity index is 2.21. The summed E-state index contributed by atoms with van der Waals surface area (Å²) in [6.45, 7) is 6.06. The number of methoxy groups -OCH3 is 1. The molecule has 21 heavy (non-hydrogen) atoms. The first kappa shape index (κ1) is 15.3. The van der Waals surface area contributed by atoms with Crippen LogP contribution in [0.5, 0.6) is 5.75 Å². The zero-order valence-electron chi connectivity index (χ0n) is 12.8. The Labute approximate surface area is 127 Å². The number of hydrogen-bond donors (Lipinski definition) is 1. The van der Waals surface area contributed by atoms with Crippen LogP contribution < -0.4 is 10.1 Å². The highest BCUT2D eigenvalue weighted by molar-refractivity contribution is 5.36. The van der Waals surface area contributed by atoms with Crippen molar-refractivity contribution in [3.8, 4) is 5.75 Å². The summed E-state index contributed by atoms with van der Waals surface area (Å²) in [4.78, 5) is 0. The normalized spacial score (nSPS) is 13.4. The molecule has 0 fully saturated rings. The van der Waals surface area contributed by atoms with Gasteiger partial charge in [0.15, 0.2) is 0 Å². The SMILES string of the molecule is C=CCC(N[C@H](C)c1ccccc1)c1ccccc1OC. The van der Waals surface area contributed by atoms with Gasteiger partial charge in [-0.15, -0.1) is 6.58 Å². The van der Waals surface area contributed by atoms with Crippen LogP contribution >= 0.6 is 0 Å². The van der Waals surface area contributed by atoms with Crippen LogP contribution in [0.3, 0.4) is 0 Å². The summed E-state index contributed by atoms with van der Waals surface area (Å²) in [7, 11) is 1.71. The van der Waals surface area contributed by atoms with Crippen molar-refractivity contribution in [3.05, 3.63) is 78.4 Å². The van der Waals surface area contributed by atoms with Gasteiger partial charge in [0.05, 0.1) is 7.11 Å². The van der Waals surface area contributed by atoms with Gasteiger partial charge >= 0.3 is 0 Å². The molecule has 2 heteroatoms. The number of nitrogens with one attached hydrogen (secondary N) is 1. The Morgan fingerprint density at radius 1 is 1.10 bits per heavy atom. The van der Waals surface area contributed by atoms with Crippen molar-refractivity contribution in [3.63, 3.8) is 0 Å². The van der Waals surface area contributed by atoms with Gasteiger partial charge in [0.1, 0.15) is 5.75 Å². The van der Waals surface area contributed by atoms with Crippen LogP contribution in [-0.2, 0) is 0 Å². The van der Waals surface area contributed by atoms with Gasteiger partial charge in [0.25, 0.3) is 0 Å². The predicted octanol–water partition coefficient (Wildman–Crippen LogP) is 4.66. The molecule has 0 saturated heterocycles. The molecule has 0 bridgehead atoms. The van der Waals surface area contributed by atoms with Crippen LogP contribution in [0.25, 0.3) is 0 Å². The van der Waals surface area contributed by atoms with Crippen LogP contribution in [0.15, 0.2) is 67.3 Å². The van der Waals surface area contributed by atoms with Crippen molar-refractivity contribution < 1.29 is 4.74 Å². The Hall–Kier alpha value is -2.06. The molecule has 1 N–H and O–H groups in total. The van der Waals surface area contributed by atoms with Gasteiger partial charge < -0.3 is 10.1 Å². The zero-order chi connectivity index (χ0) is 15.1. The molecule has 0 spiro atoms. The Morgan fingerprint density at radius 2 is 1.76 bits per heavy atom. The Bertz CT molecular complexity index is 565. The largest absolute Gasteiger partial charge is 0.496 e. The quantitative estimate of drug-likeness (QED) is 0.745. The second-order valence-corrected chi connectivity index (χ2v) is 5.12. The maximum absolute atomic E-state index is 5.49. The molecule has 2 atom stereocenters. The number of hydrogen-bond acceptors (Lipinski definition) is 2. The van der Waals surface area contributed by atoms with E-state index in [1.54, 1.807) is 7.11 Å². The lowest BCUT2D eigenvalue weighted by molar-refractivity contribution is 0.392. The van der Waals surface area contributed by atoms with E-state index in [9.17, 15) is 0 Å². The van der Waals surface area contributed by atoms with Gasteiger partial charge in [-0.25, -0.2) is 0 Å². The fourth-order valence-corrected chi connectivity index (χ4v) is 2.55. The molecular weight excluding hydrogens is 258 g/mol. The first-order chi connectivity index (χ1) is 10.3. The second-order valence-electron chi connectivity index (χ2n) is 5.12. The molecule has 2 nitrogen and oxygen atoms in total. The average molecular weight is 281 g/mol. The van der Waals surface area contributed by atoms with E-state index in [0.717, 1.165) is 12.2 Å². The highest BCUT2D eigenvalue weighted by Crippen LogP contribution is 2.29. The molecular formula is C19H23NO. The third kappa shape index (κ3) is 3.96. The minimum atomic E-state index is 0.189. The van der Waals surface area contributed by atoms with Gasteiger partial charge in [-0.1, -0.05) is 54.6 Å². The molecule has 0 radical (unpaired) electrons. The standard InChI is InChI=1S/C19H23NO/c1-4-10-18(17-13-8-9-14-19(17)21-3)20-15(2)16-11-6-5-7-12-16/h4-9,11-15,18,20H,1,10H2,2-3H3/t15-,18?/m1/s1. The maximum Gasteiger partial charge on any atom is 0.123 e. The molecule has 0 aromatic heterocycles. The third-order valence-electron chi connectivity index (χ3n) is 3.67. The van der Waals surface area contributed by atoms with Crippen molar-refractivity contribution in [2.45, 2.75) is 25.4 Å². The van der Waals surface area contributed by atoms with Crippen molar-refractivity contribution >= 4 is 0 Å². The van der Waals surface area contributed by atoms with Crippen LogP contribution in [0.4, 0.5) is 0 Å². The molecule has 0 aliphatic heterocycles. The number of ether oxygens (including phenoxy) is 1. The highest BCUT2D eigenvalue weighted by Gasteiger charge is 2.17. The summed E-state index contributed by atoms with van der Waals surface area (Å²) in [5.74, 6) is 0.914. The van der Waals surface area contributed by atoms with Crippen molar-refractivity contribution in [2.24, 2.45) is 0 Å². The summed E-state index contributed by atoms with van der Waals surface area (Å²) in [6, 6.07) is 19.1. The van der Waals surface area contributed by atoms with Crippen molar-refractivity contribution in [1.29, 1.82) is 0 Å². The van der Waals surface area contributed by atoms with Gasteiger partial charge in [0, 0.05) is 17.6 Å². The van der Waals surface area contributed by atoms with Crippen molar-refractivity contribution in [1.82, 2.24) is 5.32 Å². The fraction of sp³-hybridized carbons (Fsp3) is 0.263. The molecule has 0 aliphatic carbocycles. The lowest BCUT2D eigenvalue weighted by atomic mass is 10.00. The Kier molecular flexibility index (Phi) is 5.59. The lowest BCUT2D eigenvalue weighted by Crippen LogP contribution is -2.24. The first-order valence-electron chi connectivity index (χ1n) is 7.31. The second kappa shape index (κ2) is 7.65. The summed E-state index contributed by atoms with van der Waals surface area (Å²) in [5, 5.41) is 3.67. The summed E-state index contributed by atoms with van der Waals surface area (Å²) in [5.41, 5.74) is 2.45. The van der Waals surface area contributed by atoms with Gasteiger partial charge in [0.2, 0.25) is 0 Å². The van der Waals surface area contributed by atoms with Crippen LogP contribution in [0.1, 0.15) is 36.6 Å². The average Bonchev–Trinajstić information content (AvgIpc) is 2.55. The molecule has 0 saturated carbocycles. The van der Waals surface area contributed by atoms with E-state index >= 15 is 0 Å². The molecule has 0 heterocycles. The minimum Gasteiger partial charge on any atom is -0.496 e. The summed E-state index contributed by atoms with van der Waals surface area (Å²) >= 11 is 0. The zero-order valence-corrected chi connectivity index (χ0v) is 12.8.